The summed E-state index contributed by atoms with van der Waals surface area (Å²) < 4.78 is 0. The van der Waals surface area contributed by atoms with Crippen LogP contribution in [0.4, 0.5) is 5.69 Å². The van der Waals surface area contributed by atoms with Crippen LogP contribution in [0.1, 0.15) is 0 Å². The summed E-state index contributed by atoms with van der Waals surface area (Å²) in [6.07, 6.45) is 1.63. The summed E-state index contributed by atoms with van der Waals surface area (Å²) in [7, 11) is 0. The number of halogens is 2. The first-order valence-electron chi connectivity index (χ1n) is 3.61. The summed E-state index contributed by atoms with van der Waals surface area (Å²) in [5.74, 6) is 0.166. The molecular weight excluding hydrogens is 223 g/mol. The van der Waals surface area contributed by atoms with Gasteiger partial charge in [0.2, 0.25) is 0 Å². The molecule has 0 bridgehead atoms. The summed E-state index contributed by atoms with van der Waals surface area (Å²) in [5, 5.41) is 10.2. The van der Waals surface area contributed by atoms with Crippen LogP contribution in [0.25, 0.3) is 10.9 Å². The fraction of sp³-hybridized carbons (Fsp3) is 0. The van der Waals surface area contributed by atoms with Gasteiger partial charge >= 0.3 is 0 Å². The van der Waals surface area contributed by atoms with Crippen LogP contribution in [0.5, 0.6) is 5.75 Å². The van der Waals surface area contributed by atoms with Gasteiger partial charge in [-0.1, -0.05) is 0 Å². The van der Waals surface area contributed by atoms with Crippen molar-refractivity contribution in [2.75, 3.05) is 5.73 Å². The summed E-state index contributed by atoms with van der Waals surface area (Å²) in [4.78, 5) is 4.01. The molecule has 0 unspecified atom stereocenters. The Balaban J connectivity index is 0.000000845. The Hall–Kier alpha value is -1.19. The molecular formula is C9H8Cl2N2O-2. The fourth-order valence-electron chi connectivity index (χ4n) is 1.18. The monoisotopic (exact) mass is 230 g/mol. The van der Waals surface area contributed by atoms with Gasteiger partial charge in [0.15, 0.2) is 0 Å². The van der Waals surface area contributed by atoms with Crippen LogP contribution in [-0.4, -0.2) is 10.1 Å². The van der Waals surface area contributed by atoms with Crippen LogP contribution < -0.4 is 30.5 Å². The number of nitrogens with zero attached hydrogens (tertiary/aromatic N) is 1. The molecule has 14 heavy (non-hydrogen) atoms. The van der Waals surface area contributed by atoms with Gasteiger partial charge in [0, 0.05) is 17.3 Å². The molecule has 1 aromatic heterocycles. The van der Waals surface area contributed by atoms with Crippen LogP contribution in [0.15, 0.2) is 30.5 Å². The Morgan fingerprint density at radius 1 is 1.14 bits per heavy atom. The van der Waals surface area contributed by atoms with E-state index in [4.69, 9.17) is 5.73 Å². The van der Waals surface area contributed by atoms with Gasteiger partial charge in [-0.15, -0.1) is 0 Å². The minimum Gasteiger partial charge on any atom is -1.00 e. The predicted molar refractivity (Wildman–Crippen MR) is 47.8 cm³/mol. The van der Waals surface area contributed by atoms with Gasteiger partial charge < -0.3 is 35.7 Å². The Labute approximate surface area is 93.8 Å². The SMILES string of the molecule is Nc1ccc(O)c2ncccc12.[Cl-].[Cl-]. The highest BCUT2D eigenvalue weighted by Crippen LogP contribution is 2.26. The molecule has 0 aliphatic rings. The van der Waals surface area contributed by atoms with Gasteiger partial charge in [0.05, 0.1) is 0 Å². The van der Waals surface area contributed by atoms with E-state index < -0.39 is 0 Å². The molecule has 0 radical (unpaired) electrons. The summed E-state index contributed by atoms with van der Waals surface area (Å²) in [5.41, 5.74) is 6.86. The van der Waals surface area contributed by atoms with Crippen LogP contribution in [0, 0.1) is 0 Å². The normalized spacial score (nSPS) is 8.86. The van der Waals surface area contributed by atoms with E-state index in [9.17, 15) is 5.11 Å². The molecule has 5 heteroatoms. The number of aromatic nitrogens is 1. The van der Waals surface area contributed by atoms with Crippen molar-refractivity contribution in [3.05, 3.63) is 30.5 Å². The van der Waals surface area contributed by atoms with Crippen molar-refractivity contribution in [3.63, 3.8) is 0 Å². The van der Waals surface area contributed by atoms with Gasteiger partial charge in [-0.2, -0.15) is 0 Å². The van der Waals surface area contributed by atoms with Crippen LogP contribution in [-0.2, 0) is 0 Å². The second-order valence-corrected chi connectivity index (χ2v) is 2.57. The van der Waals surface area contributed by atoms with E-state index in [0.717, 1.165) is 5.39 Å². The molecule has 0 fully saturated rings. The van der Waals surface area contributed by atoms with Crippen molar-refractivity contribution in [3.8, 4) is 5.75 Å². The van der Waals surface area contributed by atoms with Crippen molar-refractivity contribution in [1.82, 2.24) is 4.98 Å². The fourth-order valence-corrected chi connectivity index (χ4v) is 1.18. The van der Waals surface area contributed by atoms with Gasteiger partial charge in [-0.05, 0) is 24.3 Å². The molecule has 0 aliphatic carbocycles. The smallest absolute Gasteiger partial charge is 0.141 e. The molecule has 0 saturated carbocycles. The highest BCUT2D eigenvalue weighted by atomic mass is 35.5. The standard InChI is InChI=1S/C9H8N2O.2ClH/c10-7-3-4-8(12)9-6(7)2-1-5-11-9;;/h1-5,12H,10H2;2*1H/p-2. The largest absolute Gasteiger partial charge is 1.00 e. The molecule has 76 valence electrons. The number of nitrogens with two attached hydrogens (primary N) is 1. The number of aromatic hydroxyl groups is 1. The second kappa shape index (κ2) is 4.88. The van der Waals surface area contributed by atoms with Gasteiger partial charge in [-0.3, -0.25) is 4.98 Å². The topological polar surface area (TPSA) is 59.1 Å². The molecule has 2 aromatic rings. The lowest BCUT2D eigenvalue weighted by Crippen LogP contribution is -3.00. The van der Waals surface area contributed by atoms with Crippen molar-refractivity contribution in [2.45, 2.75) is 0 Å². The van der Waals surface area contributed by atoms with Crippen LogP contribution >= 0.6 is 0 Å². The molecule has 2 rings (SSSR count). The molecule has 0 atom stereocenters. The lowest BCUT2D eigenvalue weighted by atomic mass is 10.2. The molecule has 3 nitrogen and oxygen atoms in total. The van der Waals surface area contributed by atoms with Gasteiger partial charge in [0.25, 0.3) is 0 Å². The molecule has 0 spiro atoms. The predicted octanol–water partition coefficient (Wildman–Crippen LogP) is -4.47. The molecule has 1 heterocycles. The van der Waals surface area contributed by atoms with E-state index in [2.05, 4.69) is 4.98 Å². The van der Waals surface area contributed by atoms with E-state index in [1.54, 1.807) is 24.4 Å². The second-order valence-electron chi connectivity index (χ2n) is 2.57. The van der Waals surface area contributed by atoms with Crippen molar-refractivity contribution < 1.29 is 29.9 Å². The van der Waals surface area contributed by atoms with E-state index in [1.165, 1.54) is 0 Å². The van der Waals surface area contributed by atoms with Crippen molar-refractivity contribution in [1.29, 1.82) is 0 Å². The number of anilines is 1. The molecule has 3 N–H and O–H groups in total. The molecule has 1 aromatic carbocycles. The number of phenols is 1. The maximum atomic E-state index is 9.38. The zero-order chi connectivity index (χ0) is 8.55. The van der Waals surface area contributed by atoms with E-state index >= 15 is 0 Å². The van der Waals surface area contributed by atoms with Crippen LogP contribution in [0.3, 0.4) is 0 Å². The van der Waals surface area contributed by atoms with Gasteiger partial charge in [-0.25, -0.2) is 0 Å². The number of phenolic OH excluding ortho intramolecular Hbond substituents is 1. The van der Waals surface area contributed by atoms with Crippen molar-refractivity contribution >= 4 is 16.6 Å². The van der Waals surface area contributed by atoms with E-state index in [-0.39, 0.29) is 30.6 Å². The average molecular weight is 231 g/mol. The third kappa shape index (κ3) is 2.00. The van der Waals surface area contributed by atoms with E-state index in [0.29, 0.717) is 11.2 Å². The van der Waals surface area contributed by atoms with E-state index in [1.807, 2.05) is 6.07 Å². The highest BCUT2D eigenvalue weighted by molar-refractivity contribution is 5.93. The first kappa shape index (κ1) is 12.8. The Bertz CT molecular complexity index is 394. The number of rotatable bonds is 0. The lowest BCUT2D eigenvalue weighted by Gasteiger charge is -2.01. The maximum absolute atomic E-state index is 9.38. The Morgan fingerprint density at radius 2 is 1.86 bits per heavy atom. The first-order chi connectivity index (χ1) is 5.79. The summed E-state index contributed by atoms with van der Waals surface area (Å²) in [6.45, 7) is 0. The molecule has 0 amide bonds. The zero-order valence-corrected chi connectivity index (χ0v) is 8.63. The number of pyridine rings is 1. The highest BCUT2D eigenvalue weighted by Gasteiger charge is 2.01. The minimum absolute atomic E-state index is 0. The number of hydrogen-bond acceptors (Lipinski definition) is 3. The average Bonchev–Trinajstić information content (AvgIpc) is 2.12. The van der Waals surface area contributed by atoms with Crippen LogP contribution in [0.2, 0.25) is 0 Å². The first-order valence-corrected chi connectivity index (χ1v) is 3.61. The zero-order valence-electron chi connectivity index (χ0n) is 7.11. The number of fused-ring (bicyclic) bond motifs is 1. The summed E-state index contributed by atoms with van der Waals surface area (Å²) in [6, 6.07) is 6.83. The quantitative estimate of drug-likeness (QED) is 0.355. The third-order valence-corrected chi connectivity index (χ3v) is 1.78. The molecule has 0 aliphatic heterocycles. The van der Waals surface area contributed by atoms with Gasteiger partial charge in [0.1, 0.15) is 11.3 Å². The molecule has 0 saturated heterocycles. The Kier molecular flexibility index (Phi) is 4.47. The summed E-state index contributed by atoms with van der Waals surface area (Å²) >= 11 is 0. The number of benzene rings is 1. The number of hydrogen-bond donors (Lipinski definition) is 2. The lowest BCUT2D eigenvalue weighted by molar-refractivity contribution is -0.00100. The number of nitrogen functional groups attached to an aromatic ring is 1. The Morgan fingerprint density at radius 3 is 2.50 bits per heavy atom. The minimum atomic E-state index is 0. The maximum Gasteiger partial charge on any atom is 0.141 e. The third-order valence-electron chi connectivity index (χ3n) is 1.78. The van der Waals surface area contributed by atoms with Crippen molar-refractivity contribution in [2.24, 2.45) is 0 Å².